The maximum absolute atomic E-state index is 13.7. The molecule has 1 amide bonds. The summed E-state index contributed by atoms with van der Waals surface area (Å²) in [4.78, 5) is 15.5. The zero-order chi connectivity index (χ0) is 24.1. The molecule has 3 aromatic rings. The average molecular weight is 458 g/mol. The lowest BCUT2D eigenvalue weighted by atomic mass is 9.99. The number of anilines is 3. The van der Waals surface area contributed by atoms with E-state index in [0.29, 0.717) is 17.9 Å². The molecule has 0 aliphatic carbocycles. The van der Waals surface area contributed by atoms with Crippen molar-refractivity contribution in [2.45, 2.75) is 19.4 Å². The number of para-hydroxylation sites is 2. The molecule has 0 fully saturated rings. The highest BCUT2D eigenvalue weighted by molar-refractivity contribution is 6.08. The van der Waals surface area contributed by atoms with Crippen molar-refractivity contribution in [2.75, 3.05) is 42.3 Å². The summed E-state index contributed by atoms with van der Waals surface area (Å²) >= 11 is 0. The van der Waals surface area contributed by atoms with E-state index in [0.717, 1.165) is 40.2 Å². The van der Waals surface area contributed by atoms with Crippen LogP contribution < -0.4 is 20.3 Å². The number of benzene rings is 3. The molecule has 1 aliphatic rings. The Hall–Kier alpha value is -3.77. The standard InChI is InChI=1S/C28H31N3O3/c1-4-20-17-21(10-12-24(20)29-3)23-11-9-22(18-27(23)34-16-15-32)28(33)31-14-13-19(2)30-25-7-5-6-8-26(25)31/h4-12,17-19,29-30,32H,1,13-16H2,2-3H3. The molecule has 0 saturated carbocycles. The summed E-state index contributed by atoms with van der Waals surface area (Å²) in [5.74, 6) is 0.475. The van der Waals surface area contributed by atoms with Crippen LogP contribution in [0.5, 0.6) is 5.75 Å². The van der Waals surface area contributed by atoms with Gasteiger partial charge in [-0.3, -0.25) is 4.79 Å². The number of ether oxygens (including phenoxy) is 1. The van der Waals surface area contributed by atoms with Crippen molar-refractivity contribution in [1.29, 1.82) is 0 Å². The van der Waals surface area contributed by atoms with Gasteiger partial charge < -0.3 is 25.4 Å². The van der Waals surface area contributed by atoms with Gasteiger partial charge in [-0.25, -0.2) is 0 Å². The molecule has 0 saturated heterocycles. The van der Waals surface area contributed by atoms with Gasteiger partial charge in [0.15, 0.2) is 0 Å². The molecule has 176 valence electrons. The van der Waals surface area contributed by atoms with Crippen molar-refractivity contribution in [3.63, 3.8) is 0 Å². The van der Waals surface area contributed by atoms with Gasteiger partial charge in [-0.15, -0.1) is 0 Å². The molecule has 6 nitrogen and oxygen atoms in total. The third-order valence-electron chi connectivity index (χ3n) is 6.06. The molecule has 1 heterocycles. The molecular formula is C28H31N3O3. The number of aliphatic hydroxyl groups excluding tert-OH is 1. The minimum Gasteiger partial charge on any atom is -0.491 e. The van der Waals surface area contributed by atoms with E-state index in [9.17, 15) is 9.90 Å². The van der Waals surface area contributed by atoms with E-state index in [1.54, 1.807) is 12.1 Å². The Bertz CT molecular complexity index is 1190. The van der Waals surface area contributed by atoms with Crippen LogP contribution >= 0.6 is 0 Å². The fourth-order valence-electron chi connectivity index (χ4n) is 4.27. The van der Waals surface area contributed by atoms with E-state index in [4.69, 9.17) is 4.74 Å². The van der Waals surface area contributed by atoms with E-state index >= 15 is 0 Å². The molecule has 3 aromatic carbocycles. The van der Waals surface area contributed by atoms with E-state index in [1.165, 1.54) is 0 Å². The molecule has 1 unspecified atom stereocenters. The molecule has 4 rings (SSSR count). The topological polar surface area (TPSA) is 73.8 Å². The molecule has 0 spiro atoms. The molecule has 0 bridgehead atoms. The number of aliphatic hydroxyl groups is 1. The fourth-order valence-corrected chi connectivity index (χ4v) is 4.27. The van der Waals surface area contributed by atoms with Crippen LogP contribution in [0.15, 0.2) is 67.2 Å². The molecule has 6 heteroatoms. The van der Waals surface area contributed by atoms with E-state index < -0.39 is 0 Å². The fraction of sp³-hybridized carbons (Fsp3) is 0.250. The summed E-state index contributed by atoms with van der Waals surface area (Å²) in [6.45, 7) is 6.67. The van der Waals surface area contributed by atoms with Crippen LogP contribution in [0, 0.1) is 0 Å². The SMILES string of the molecule is C=Cc1cc(-c2ccc(C(=O)N3CCC(C)Nc4ccccc43)cc2OCCO)ccc1NC. The van der Waals surface area contributed by atoms with Crippen LogP contribution in [-0.2, 0) is 0 Å². The second-order valence-corrected chi connectivity index (χ2v) is 8.35. The highest BCUT2D eigenvalue weighted by Crippen LogP contribution is 2.36. The number of rotatable bonds is 7. The van der Waals surface area contributed by atoms with E-state index in [1.807, 2.05) is 66.5 Å². The minimum atomic E-state index is -0.114. The molecule has 0 aromatic heterocycles. The lowest BCUT2D eigenvalue weighted by Crippen LogP contribution is -2.32. The van der Waals surface area contributed by atoms with Gasteiger partial charge >= 0.3 is 0 Å². The maximum Gasteiger partial charge on any atom is 0.258 e. The Morgan fingerprint density at radius 3 is 2.82 bits per heavy atom. The number of hydrogen-bond acceptors (Lipinski definition) is 5. The second kappa shape index (κ2) is 10.4. The Kier molecular flexibility index (Phi) is 7.18. The van der Waals surface area contributed by atoms with Crippen LogP contribution in [0.25, 0.3) is 17.2 Å². The highest BCUT2D eigenvalue weighted by Gasteiger charge is 2.25. The largest absolute Gasteiger partial charge is 0.491 e. The van der Waals surface area contributed by atoms with Gasteiger partial charge in [0, 0.05) is 36.4 Å². The third kappa shape index (κ3) is 4.77. The second-order valence-electron chi connectivity index (χ2n) is 8.35. The van der Waals surface area contributed by atoms with E-state index in [-0.39, 0.29) is 25.2 Å². The molecule has 1 aliphatic heterocycles. The van der Waals surface area contributed by atoms with Crippen molar-refractivity contribution in [3.8, 4) is 16.9 Å². The minimum absolute atomic E-state index is 0.0824. The Morgan fingerprint density at radius 2 is 2.06 bits per heavy atom. The first-order chi connectivity index (χ1) is 16.5. The van der Waals surface area contributed by atoms with E-state index in [2.05, 4.69) is 24.1 Å². The molecular weight excluding hydrogens is 426 g/mol. The first-order valence-electron chi connectivity index (χ1n) is 11.6. The molecule has 0 radical (unpaired) electrons. The van der Waals surface area contributed by atoms with Crippen molar-refractivity contribution in [3.05, 3.63) is 78.4 Å². The average Bonchev–Trinajstić information content (AvgIpc) is 3.04. The van der Waals surface area contributed by atoms with Gasteiger partial charge in [0.25, 0.3) is 5.91 Å². The molecule has 34 heavy (non-hydrogen) atoms. The predicted molar refractivity (Wildman–Crippen MR) is 140 cm³/mol. The number of hydrogen-bond donors (Lipinski definition) is 3. The van der Waals surface area contributed by atoms with Crippen molar-refractivity contribution in [1.82, 2.24) is 0 Å². The molecule has 1 atom stereocenters. The van der Waals surface area contributed by atoms with Gasteiger partial charge in [-0.05, 0) is 66.9 Å². The first-order valence-corrected chi connectivity index (χ1v) is 11.6. The number of carbonyl (C=O) groups is 1. The number of amides is 1. The number of nitrogens with zero attached hydrogens (tertiary/aromatic N) is 1. The molecule has 3 N–H and O–H groups in total. The van der Waals surface area contributed by atoms with Crippen LogP contribution in [0.2, 0.25) is 0 Å². The zero-order valence-electron chi connectivity index (χ0n) is 19.7. The first kappa shape index (κ1) is 23.4. The Morgan fingerprint density at radius 1 is 1.24 bits per heavy atom. The van der Waals surface area contributed by atoms with Gasteiger partial charge in [-0.1, -0.05) is 30.9 Å². The lowest BCUT2D eigenvalue weighted by Gasteiger charge is -2.23. The Balaban J connectivity index is 1.73. The number of carbonyl (C=O) groups excluding carboxylic acids is 1. The summed E-state index contributed by atoms with van der Waals surface area (Å²) in [7, 11) is 1.87. The smallest absolute Gasteiger partial charge is 0.258 e. The zero-order valence-corrected chi connectivity index (χ0v) is 19.7. The van der Waals surface area contributed by atoms with Crippen LogP contribution in [0.1, 0.15) is 29.3 Å². The van der Waals surface area contributed by atoms with Crippen LogP contribution in [-0.4, -0.2) is 43.9 Å². The van der Waals surface area contributed by atoms with Crippen molar-refractivity contribution < 1.29 is 14.6 Å². The number of fused-ring (bicyclic) bond motifs is 1. The number of nitrogens with one attached hydrogen (secondary N) is 2. The van der Waals surface area contributed by atoms with Gasteiger partial charge in [-0.2, -0.15) is 0 Å². The lowest BCUT2D eigenvalue weighted by molar-refractivity contribution is 0.0986. The third-order valence-corrected chi connectivity index (χ3v) is 6.06. The summed E-state index contributed by atoms with van der Waals surface area (Å²) < 4.78 is 5.89. The Labute approximate surface area is 200 Å². The van der Waals surface area contributed by atoms with Gasteiger partial charge in [0.05, 0.1) is 18.0 Å². The van der Waals surface area contributed by atoms with Gasteiger partial charge in [0.2, 0.25) is 0 Å². The van der Waals surface area contributed by atoms with Crippen molar-refractivity contribution in [2.24, 2.45) is 0 Å². The maximum atomic E-state index is 13.7. The summed E-state index contributed by atoms with van der Waals surface area (Å²) in [5.41, 5.74) is 6.10. The summed E-state index contributed by atoms with van der Waals surface area (Å²) in [5, 5.41) is 16.0. The summed E-state index contributed by atoms with van der Waals surface area (Å²) in [6, 6.07) is 19.7. The quantitative estimate of drug-likeness (QED) is 0.451. The highest BCUT2D eigenvalue weighted by atomic mass is 16.5. The van der Waals surface area contributed by atoms with Gasteiger partial charge in [0.1, 0.15) is 12.4 Å². The van der Waals surface area contributed by atoms with Crippen LogP contribution in [0.4, 0.5) is 17.1 Å². The van der Waals surface area contributed by atoms with Crippen LogP contribution in [0.3, 0.4) is 0 Å². The normalized spacial score (nSPS) is 15.0. The summed E-state index contributed by atoms with van der Waals surface area (Å²) in [6.07, 6.45) is 2.64. The predicted octanol–water partition coefficient (Wildman–Crippen LogP) is 5.26. The van der Waals surface area contributed by atoms with Crippen molar-refractivity contribution >= 4 is 29.0 Å². The monoisotopic (exact) mass is 457 g/mol.